The van der Waals surface area contributed by atoms with Gasteiger partial charge < -0.3 is 0 Å². The molecule has 0 atom stereocenters. The topological polar surface area (TPSA) is 29.1 Å². The summed E-state index contributed by atoms with van der Waals surface area (Å²) in [5.74, 6) is 0.481. The normalized spacial score (nSPS) is 10.6. The molecule has 0 spiro atoms. The fourth-order valence-electron chi connectivity index (χ4n) is 1.23. The standard InChI is InChI=1S/C12H16AsNO/c1-9(2)8-12(15)14-11-6-4-10(13-3)5-7-11/h4-7,9H,3,8H2,1-2H3,(H,14,15). The first-order valence-corrected chi connectivity index (χ1v) is 7.25. The van der Waals surface area contributed by atoms with Crippen LogP contribution in [0.15, 0.2) is 24.3 Å². The third-order valence-electron chi connectivity index (χ3n) is 1.93. The van der Waals surface area contributed by atoms with E-state index in [9.17, 15) is 4.79 Å². The van der Waals surface area contributed by atoms with E-state index in [1.807, 2.05) is 38.1 Å². The molecule has 3 heteroatoms. The minimum absolute atomic E-state index is 0.0284. The molecule has 1 N–H and O–H groups in total. The van der Waals surface area contributed by atoms with Crippen LogP contribution in [0.1, 0.15) is 20.3 Å². The SMILES string of the molecule is C=[As]c1ccc(NC(=O)CC(C)C)cc1. The number of nitrogens with one attached hydrogen (secondary N) is 1. The Bertz CT molecular complexity index is 343. The maximum absolute atomic E-state index is 11.5. The van der Waals surface area contributed by atoms with E-state index in [4.69, 9.17) is 0 Å². The molecule has 0 radical (unpaired) electrons. The van der Waals surface area contributed by atoms with Crippen molar-refractivity contribution < 1.29 is 4.79 Å². The Labute approximate surface area is 97.3 Å². The van der Waals surface area contributed by atoms with Crippen molar-refractivity contribution in [1.82, 2.24) is 0 Å². The van der Waals surface area contributed by atoms with Gasteiger partial charge in [-0.05, 0) is 0 Å². The van der Waals surface area contributed by atoms with Gasteiger partial charge in [0.2, 0.25) is 0 Å². The molecule has 0 aromatic heterocycles. The molecule has 80 valence electrons. The number of hydrogen-bond donors (Lipinski definition) is 1. The Morgan fingerprint density at radius 2 is 2.00 bits per heavy atom. The minimum atomic E-state index is 0.0284. The molecule has 0 unspecified atom stereocenters. The van der Waals surface area contributed by atoms with E-state index in [1.54, 1.807) is 0 Å². The number of amides is 1. The van der Waals surface area contributed by atoms with Gasteiger partial charge in [0.1, 0.15) is 0 Å². The Hall–Kier alpha value is -0.882. The number of hydrogen-bond acceptors (Lipinski definition) is 1. The van der Waals surface area contributed by atoms with E-state index >= 15 is 0 Å². The zero-order chi connectivity index (χ0) is 11.3. The molecule has 1 aromatic rings. The number of carbonyl (C=O) groups is 1. The van der Waals surface area contributed by atoms with Gasteiger partial charge in [-0.25, -0.2) is 0 Å². The fourth-order valence-corrected chi connectivity index (χ4v) is 1.99. The van der Waals surface area contributed by atoms with Crippen LogP contribution in [0.4, 0.5) is 5.69 Å². The van der Waals surface area contributed by atoms with Crippen LogP contribution in [-0.2, 0) is 4.79 Å². The Balaban J connectivity index is 2.57. The Kier molecular flexibility index (Phi) is 4.77. The van der Waals surface area contributed by atoms with Crippen molar-refractivity contribution in [2.24, 2.45) is 5.92 Å². The van der Waals surface area contributed by atoms with Crippen molar-refractivity contribution in [3.8, 4) is 0 Å². The van der Waals surface area contributed by atoms with Crippen LogP contribution in [0.25, 0.3) is 0 Å². The van der Waals surface area contributed by atoms with Gasteiger partial charge in [0.05, 0.1) is 0 Å². The maximum atomic E-state index is 11.5. The second kappa shape index (κ2) is 5.87. The van der Waals surface area contributed by atoms with Gasteiger partial charge in [0.25, 0.3) is 0 Å². The first kappa shape index (κ1) is 12.2. The summed E-state index contributed by atoms with van der Waals surface area (Å²) in [5, 5.41) is 6.77. The average Bonchev–Trinajstić information content (AvgIpc) is 2.17. The Morgan fingerprint density at radius 1 is 1.40 bits per heavy atom. The second-order valence-electron chi connectivity index (χ2n) is 3.85. The molecule has 1 amide bonds. The molecule has 0 aliphatic carbocycles. The van der Waals surface area contributed by atoms with Crippen molar-refractivity contribution >= 4 is 36.6 Å². The van der Waals surface area contributed by atoms with Gasteiger partial charge in [-0.3, -0.25) is 0 Å². The number of carbonyl (C=O) groups excluding carboxylic acids is 1. The van der Waals surface area contributed by atoms with Crippen molar-refractivity contribution in [2.75, 3.05) is 5.32 Å². The van der Waals surface area contributed by atoms with E-state index in [0.717, 1.165) is 5.69 Å². The molecule has 0 aliphatic rings. The second-order valence-corrected chi connectivity index (χ2v) is 5.60. The first-order valence-electron chi connectivity index (χ1n) is 4.98. The van der Waals surface area contributed by atoms with E-state index in [0.29, 0.717) is 12.3 Å². The van der Waals surface area contributed by atoms with Crippen molar-refractivity contribution in [1.29, 1.82) is 0 Å². The predicted octanol–water partition coefficient (Wildman–Crippen LogP) is 1.43. The molecule has 0 saturated heterocycles. The molecule has 0 bridgehead atoms. The molecular formula is C12H16AsNO. The molecule has 15 heavy (non-hydrogen) atoms. The van der Waals surface area contributed by atoms with Crippen LogP contribution in [0.5, 0.6) is 0 Å². The van der Waals surface area contributed by atoms with Crippen LogP contribution >= 0.6 is 0 Å². The van der Waals surface area contributed by atoms with E-state index < -0.39 is 0 Å². The van der Waals surface area contributed by atoms with E-state index in [-0.39, 0.29) is 21.2 Å². The number of benzene rings is 1. The molecule has 1 aromatic carbocycles. The van der Waals surface area contributed by atoms with Crippen molar-refractivity contribution in [3.05, 3.63) is 24.3 Å². The summed E-state index contributed by atoms with van der Waals surface area (Å²) in [6.45, 7) is 4.07. The van der Waals surface area contributed by atoms with Crippen LogP contribution in [0.3, 0.4) is 0 Å². The summed E-state index contributed by atoms with van der Waals surface area (Å²) in [6.07, 6.45) is 0.572. The summed E-state index contributed by atoms with van der Waals surface area (Å²) in [7, 11) is 0. The van der Waals surface area contributed by atoms with Gasteiger partial charge in [0.15, 0.2) is 0 Å². The quantitative estimate of drug-likeness (QED) is 0.820. The van der Waals surface area contributed by atoms with Gasteiger partial charge in [-0.15, -0.1) is 0 Å². The van der Waals surface area contributed by atoms with Crippen LogP contribution in [-0.4, -0.2) is 26.5 Å². The molecule has 0 saturated carbocycles. The third kappa shape index (κ3) is 4.44. The van der Waals surface area contributed by atoms with Gasteiger partial charge >= 0.3 is 97.1 Å². The monoisotopic (exact) mass is 265 g/mol. The summed E-state index contributed by atoms with van der Waals surface area (Å²) in [5.41, 5.74) is 0.874. The zero-order valence-electron chi connectivity index (χ0n) is 9.16. The summed E-state index contributed by atoms with van der Waals surface area (Å²) >= 11 is 0.0284. The van der Waals surface area contributed by atoms with E-state index in [2.05, 4.69) is 10.6 Å². The summed E-state index contributed by atoms with van der Waals surface area (Å²) in [6, 6.07) is 7.93. The van der Waals surface area contributed by atoms with E-state index in [1.165, 1.54) is 4.35 Å². The zero-order valence-corrected chi connectivity index (χ0v) is 11.0. The molecule has 2 nitrogen and oxygen atoms in total. The molecule has 0 heterocycles. The van der Waals surface area contributed by atoms with Gasteiger partial charge in [-0.2, -0.15) is 0 Å². The summed E-state index contributed by atoms with van der Waals surface area (Å²) in [4.78, 5) is 11.5. The third-order valence-corrected chi connectivity index (χ3v) is 3.32. The van der Waals surface area contributed by atoms with Crippen LogP contribution in [0, 0.1) is 5.92 Å². The molecule has 1 rings (SSSR count). The first-order chi connectivity index (χ1) is 7.11. The molecule has 0 aliphatic heterocycles. The van der Waals surface area contributed by atoms with Gasteiger partial charge in [-0.1, -0.05) is 0 Å². The van der Waals surface area contributed by atoms with Crippen LogP contribution in [0.2, 0.25) is 0 Å². The molecule has 0 fully saturated rings. The van der Waals surface area contributed by atoms with Crippen molar-refractivity contribution in [2.45, 2.75) is 20.3 Å². The fraction of sp³-hybridized carbons (Fsp3) is 0.333. The van der Waals surface area contributed by atoms with Gasteiger partial charge in [0, 0.05) is 0 Å². The Morgan fingerprint density at radius 3 is 2.47 bits per heavy atom. The number of anilines is 1. The van der Waals surface area contributed by atoms with Crippen LogP contribution < -0.4 is 9.67 Å². The average molecular weight is 265 g/mol. The number of rotatable bonds is 4. The molecular weight excluding hydrogens is 249 g/mol. The van der Waals surface area contributed by atoms with Crippen molar-refractivity contribution in [3.63, 3.8) is 0 Å². The summed E-state index contributed by atoms with van der Waals surface area (Å²) < 4.78 is 1.27. The predicted molar refractivity (Wildman–Crippen MR) is 67.0 cm³/mol.